The Kier molecular flexibility index (Phi) is 6.18. The monoisotopic (exact) mass is 578 g/mol. The first-order chi connectivity index (χ1) is 19.3. The second-order valence-electron chi connectivity index (χ2n) is 11.5. The highest BCUT2D eigenvalue weighted by molar-refractivity contribution is 7.22. The van der Waals surface area contributed by atoms with Gasteiger partial charge in [-0.1, -0.05) is 31.2 Å². The highest BCUT2D eigenvalue weighted by Crippen LogP contribution is 2.56. The number of carbonyl (C=O) groups is 3. The van der Waals surface area contributed by atoms with Crippen LogP contribution in [0.3, 0.4) is 0 Å². The summed E-state index contributed by atoms with van der Waals surface area (Å²) in [5, 5.41) is 58.6. The lowest BCUT2D eigenvalue weighted by molar-refractivity contribution is -0.194. The lowest BCUT2D eigenvalue weighted by atomic mass is 9.53. The Bertz CT molecular complexity index is 1640. The van der Waals surface area contributed by atoms with E-state index in [1.807, 2.05) is 30.3 Å². The van der Waals surface area contributed by atoms with Crippen molar-refractivity contribution in [2.45, 2.75) is 36.7 Å². The third-order valence-corrected chi connectivity index (χ3v) is 10.3. The summed E-state index contributed by atoms with van der Waals surface area (Å²) in [6, 6.07) is 11.8. The van der Waals surface area contributed by atoms with E-state index >= 15 is 0 Å². The SMILES string of the molecule is C[C@H]1c2ccc(-c3cc4ccccc4s3)c(O)c2C(=O)C2=C(O)[C@]3(O)C(=O)C(C(N)=O)C(O)[C@@H](N(C)C)[C@@H]3[C@@H](O)[C@@H]21. The topological polar surface area (TPSA) is 182 Å². The molecule has 1 aromatic heterocycles. The number of phenolic OH excluding ortho intramolecular Hbond substituents is 1. The van der Waals surface area contributed by atoms with E-state index in [1.54, 1.807) is 19.1 Å². The van der Waals surface area contributed by atoms with Crippen LogP contribution in [0.15, 0.2) is 53.8 Å². The van der Waals surface area contributed by atoms with Crippen molar-refractivity contribution >= 4 is 38.9 Å². The van der Waals surface area contributed by atoms with Crippen molar-refractivity contribution in [3.63, 3.8) is 0 Å². The lowest BCUT2D eigenvalue weighted by Gasteiger charge is -2.56. The second-order valence-corrected chi connectivity index (χ2v) is 12.5. The Morgan fingerprint density at radius 1 is 1.05 bits per heavy atom. The quantitative estimate of drug-likeness (QED) is 0.252. The van der Waals surface area contributed by atoms with Gasteiger partial charge in [0.25, 0.3) is 0 Å². The number of Topliss-reactive ketones (excluding diaryl/α,β-unsaturated/α-hetero) is 2. The Morgan fingerprint density at radius 2 is 1.73 bits per heavy atom. The number of amides is 1. The molecule has 0 saturated heterocycles. The number of hydrogen-bond donors (Lipinski definition) is 6. The van der Waals surface area contributed by atoms with Crippen molar-refractivity contribution in [1.29, 1.82) is 0 Å². The van der Waals surface area contributed by atoms with Crippen LogP contribution in [0.25, 0.3) is 20.5 Å². The molecule has 0 bridgehead atoms. The van der Waals surface area contributed by atoms with Crippen LogP contribution in [-0.2, 0) is 9.59 Å². The first-order valence-corrected chi connectivity index (χ1v) is 14.1. The molecule has 0 radical (unpaired) electrons. The summed E-state index contributed by atoms with van der Waals surface area (Å²) < 4.78 is 0.987. The Labute approximate surface area is 238 Å². The number of rotatable bonds is 3. The van der Waals surface area contributed by atoms with Gasteiger partial charge in [-0.15, -0.1) is 11.3 Å². The summed E-state index contributed by atoms with van der Waals surface area (Å²) in [5.41, 5.74) is 2.86. The number of thiophene rings is 1. The molecular weight excluding hydrogens is 548 g/mol. The standard InChI is InChI=1S/C30H30N2O8S/c1-11-13-8-9-14(16-10-12-6-4-5-7-15(12)41-16)23(33)18(13)24(34)19-17(11)25(35)21-22(32(2)3)26(36)20(29(31)39)28(38)30(21,40)27(19)37/h4-11,17,20-22,25-26,33,35-37,40H,1-3H3,(H2,31,39)/t11-,17+,20?,21+,22-,25-,26?,30-/m0/s1. The van der Waals surface area contributed by atoms with Crippen LogP contribution < -0.4 is 5.73 Å². The number of aromatic hydroxyl groups is 1. The van der Waals surface area contributed by atoms with Crippen molar-refractivity contribution in [3.8, 4) is 16.2 Å². The van der Waals surface area contributed by atoms with E-state index in [2.05, 4.69) is 0 Å². The second kappa shape index (κ2) is 9.20. The summed E-state index contributed by atoms with van der Waals surface area (Å²) in [5.74, 6) is -9.79. The van der Waals surface area contributed by atoms with Crippen LogP contribution in [-0.4, -0.2) is 85.9 Å². The van der Waals surface area contributed by atoms with Gasteiger partial charge in [0.1, 0.15) is 17.4 Å². The minimum Gasteiger partial charge on any atom is -0.508 e. The van der Waals surface area contributed by atoms with E-state index in [9.17, 15) is 39.9 Å². The Morgan fingerprint density at radius 3 is 2.37 bits per heavy atom. The van der Waals surface area contributed by atoms with Crippen molar-refractivity contribution in [1.82, 2.24) is 4.90 Å². The Balaban J connectivity index is 1.56. The van der Waals surface area contributed by atoms with Gasteiger partial charge in [0, 0.05) is 38.6 Å². The maximum atomic E-state index is 14.1. The molecule has 2 unspecified atom stereocenters. The van der Waals surface area contributed by atoms with Crippen molar-refractivity contribution in [2.24, 2.45) is 23.5 Å². The van der Waals surface area contributed by atoms with Gasteiger partial charge >= 0.3 is 0 Å². The van der Waals surface area contributed by atoms with E-state index in [0.29, 0.717) is 16.0 Å². The number of ketones is 2. The predicted molar refractivity (Wildman–Crippen MR) is 150 cm³/mol. The summed E-state index contributed by atoms with van der Waals surface area (Å²) in [6.45, 7) is 1.72. The number of nitrogens with two attached hydrogens (primary N) is 1. The molecule has 7 N–H and O–H groups in total. The van der Waals surface area contributed by atoms with Gasteiger partial charge in [-0.25, -0.2) is 0 Å². The zero-order valence-corrected chi connectivity index (χ0v) is 23.3. The molecule has 3 aliphatic carbocycles. The number of fused-ring (bicyclic) bond motifs is 4. The number of aliphatic hydroxyl groups is 4. The molecule has 1 amide bonds. The van der Waals surface area contributed by atoms with Gasteiger partial charge < -0.3 is 36.2 Å². The fourth-order valence-electron chi connectivity index (χ4n) is 7.29. The average Bonchev–Trinajstić information content (AvgIpc) is 3.34. The number of likely N-dealkylation sites (N-methyl/N-ethyl adjacent to an activating group) is 1. The number of hydrogen-bond acceptors (Lipinski definition) is 10. The minimum absolute atomic E-state index is 0.0987. The zero-order chi connectivity index (χ0) is 29.7. The van der Waals surface area contributed by atoms with E-state index in [-0.39, 0.29) is 11.3 Å². The van der Waals surface area contributed by atoms with Gasteiger partial charge in [0.05, 0.1) is 17.8 Å². The maximum Gasteiger partial charge on any atom is 0.230 e. The van der Waals surface area contributed by atoms with Gasteiger partial charge in [0.2, 0.25) is 5.91 Å². The highest BCUT2D eigenvalue weighted by atomic mass is 32.1. The largest absolute Gasteiger partial charge is 0.508 e. The minimum atomic E-state index is -2.88. The van der Waals surface area contributed by atoms with Crippen LogP contribution in [0, 0.1) is 17.8 Å². The molecule has 10 nitrogen and oxygen atoms in total. The molecule has 11 heteroatoms. The molecule has 3 aromatic rings. The van der Waals surface area contributed by atoms with E-state index < -0.39 is 76.3 Å². The van der Waals surface area contributed by atoms with E-state index in [4.69, 9.17) is 5.73 Å². The number of nitrogens with zero attached hydrogens (tertiary/aromatic N) is 1. The number of aliphatic hydroxyl groups excluding tert-OH is 3. The van der Waals surface area contributed by atoms with Crippen LogP contribution in [0.5, 0.6) is 5.75 Å². The molecule has 41 heavy (non-hydrogen) atoms. The molecule has 8 atom stereocenters. The molecule has 0 aliphatic heterocycles. The van der Waals surface area contributed by atoms with E-state index in [0.717, 1.165) is 10.1 Å². The highest BCUT2D eigenvalue weighted by Gasteiger charge is 2.69. The van der Waals surface area contributed by atoms with Gasteiger partial charge in [-0.3, -0.25) is 14.4 Å². The Hall–Kier alpha value is -3.61. The number of primary amides is 1. The van der Waals surface area contributed by atoms with E-state index in [1.165, 1.54) is 30.3 Å². The van der Waals surface area contributed by atoms with Crippen molar-refractivity contribution < 1.29 is 39.9 Å². The van der Waals surface area contributed by atoms with Crippen LogP contribution in [0.4, 0.5) is 0 Å². The number of carbonyl (C=O) groups excluding carboxylic acids is 3. The van der Waals surface area contributed by atoms with Crippen LogP contribution >= 0.6 is 11.3 Å². The number of benzene rings is 2. The summed E-state index contributed by atoms with van der Waals surface area (Å²) in [7, 11) is 3.06. The molecular formula is C30H30N2O8S. The molecule has 214 valence electrons. The molecule has 3 aliphatic rings. The lowest BCUT2D eigenvalue weighted by Crippen LogP contribution is -2.74. The fourth-order valence-corrected chi connectivity index (χ4v) is 8.38. The van der Waals surface area contributed by atoms with Crippen LogP contribution in [0.1, 0.15) is 28.8 Å². The normalized spacial score (nSPS) is 33.1. The molecule has 0 spiro atoms. The van der Waals surface area contributed by atoms with Gasteiger partial charge in [-0.2, -0.15) is 0 Å². The summed E-state index contributed by atoms with van der Waals surface area (Å²) in [4.78, 5) is 42.0. The third-order valence-electron chi connectivity index (χ3n) is 9.19. The first-order valence-electron chi connectivity index (χ1n) is 13.2. The smallest absolute Gasteiger partial charge is 0.230 e. The third kappa shape index (κ3) is 3.53. The summed E-state index contributed by atoms with van der Waals surface area (Å²) in [6.07, 6.45) is -3.28. The zero-order valence-electron chi connectivity index (χ0n) is 22.5. The summed E-state index contributed by atoms with van der Waals surface area (Å²) >= 11 is 1.43. The molecule has 6 rings (SSSR count). The fraction of sp³-hybridized carbons (Fsp3) is 0.367. The first kappa shape index (κ1) is 27.6. The van der Waals surface area contributed by atoms with Crippen LogP contribution in [0.2, 0.25) is 0 Å². The van der Waals surface area contributed by atoms with Gasteiger partial charge in [0.15, 0.2) is 17.2 Å². The van der Waals surface area contributed by atoms with Crippen molar-refractivity contribution in [3.05, 3.63) is 64.9 Å². The maximum absolute atomic E-state index is 14.1. The molecule has 1 fully saturated rings. The predicted octanol–water partition coefficient (Wildman–Crippen LogP) is 1.70. The van der Waals surface area contributed by atoms with Gasteiger partial charge in [-0.05, 0) is 49.2 Å². The number of phenols is 1. The molecule has 2 aromatic carbocycles. The molecule has 1 heterocycles. The molecule has 1 saturated carbocycles. The average molecular weight is 579 g/mol. The van der Waals surface area contributed by atoms with Crippen molar-refractivity contribution in [2.75, 3.05) is 14.1 Å².